The minimum atomic E-state index is -0.527. The van der Waals surface area contributed by atoms with E-state index in [4.69, 9.17) is 10.8 Å². The third-order valence-electron chi connectivity index (χ3n) is 3.45. The van der Waals surface area contributed by atoms with Crippen LogP contribution >= 0.6 is 0 Å². The Bertz CT molecular complexity index is 445. The van der Waals surface area contributed by atoms with E-state index >= 15 is 0 Å². The molecule has 18 heavy (non-hydrogen) atoms. The van der Waals surface area contributed by atoms with Crippen molar-refractivity contribution in [2.45, 2.75) is 32.2 Å². The number of fused-ring (bicyclic) bond motifs is 1. The van der Waals surface area contributed by atoms with Gasteiger partial charge >= 0.3 is 0 Å². The molecule has 1 amide bonds. The molecule has 0 saturated heterocycles. The van der Waals surface area contributed by atoms with E-state index in [2.05, 4.69) is 6.92 Å². The second-order valence-electron chi connectivity index (χ2n) is 4.64. The average Bonchev–Trinajstić information content (AvgIpc) is 2.63. The molecule has 2 rings (SSSR count). The van der Waals surface area contributed by atoms with Gasteiger partial charge in [-0.3, -0.25) is 4.79 Å². The van der Waals surface area contributed by atoms with E-state index in [1.807, 2.05) is 18.2 Å². The highest BCUT2D eigenvalue weighted by atomic mass is 16.3. The zero-order chi connectivity index (χ0) is 13.1. The first-order valence-corrected chi connectivity index (χ1v) is 6.49. The van der Waals surface area contributed by atoms with Crippen LogP contribution in [0.1, 0.15) is 36.9 Å². The first-order chi connectivity index (χ1) is 8.69. The van der Waals surface area contributed by atoms with Gasteiger partial charge in [0.25, 0.3) is 0 Å². The van der Waals surface area contributed by atoms with Crippen LogP contribution in [0.2, 0.25) is 0 Å². The lowest BCUT2D eigenvalue weighted by atomic mass is 10.0. The number of amides is 1. The number of anilines is 1. The number of hydrogen-bond acceptors (Lipinski definition) is 3. The van der Waals surface area contributed by atoms with Gasteiger partial charge in [-0.05, 0) is 30.9 Å². The minimum absolute atomic E-state index is 0.0313. The molecule has 98 valence electrons. The lowest BCUT2D eigenvalue weighted by Gasteiger charge is -2.17. The largest absolute Gasteiger partial charge is 0.396 e. The number of carbonyl (C=O) groups is 1. The summed E-state index contributed by atoms with van der Waals surface area (Å²) >= 11 is 0. The van der Waals surface area contributed by atoms with Crippen LogP contribution in [0, 0.1) is 0 Å². The van der Waals surface area contributed by atoms with Crippen molar-refractivity contribution in [1.82, 2.24) is 0 Å². The minimum Gasteiger partial charge on any atom is -0.396 e. The molecule has 4 nitrogen and oxygen atoms in total. The summed E-state index contributed by atoms with van der Waals surface area (Å²) in [6.07, 6.45) is 2.45. The Balaban J connectivity index is 2.23. The van der Waals surface area contributed by atoms with Crippen molar-refractivity contribution in [1.29, 1.82) is 0 Å². The van der Waals surface area contributed by atoms with Gasteiger partial charge in [0.05, 0.1) is 0 Å². The summed E-state index contributed by atoms with van der Waals surface area (Å²) in [6.45, 7) is 2.88. The van der Waals surface area contributed by atoms with Crippen molar-refractivity contribution in [3.8, 4) is 0 Å². The molecule has 4 heteroatoms. The molecule has 1 atom stereocenters. The van der Waals surface area contributed by atoms with Crippen molar-refractivity contribution in [2.24, 2.45) is 5.73 Å². The topological polar surface area (TPSA) is 66.6 Å². The van der Waals surface area contributed by atoms with Crippen molar-refractivity contribution in [2.75, 3.05) is 18.1 Å². The predicted octanol–water partition coefficient (Wildman–Crippen LogP) is 1.37. The Kier molecular flexibility index (Phi) is 3.99. The van der Waals surface area contributed by atoms with Gasteiger partial charge in [0.2, 0.25) is 5.91 Å². The summed E-state index contributed by atoms with van der Waals surface area (Å²) in [5.74, 6) is -0.0313. The Hall–Kier alpha value is -1.39. The number of benzene rings is 1. The van der Waals surface area contributed by atoms with E-state index in [0.29, 0.717) is 13.0 Å². The third-order valence-corrected chi connectivity index (χ3v) is 3.45. The highest BCUT2D eigenvalue weighted by Gasteiger charge is 2.34. The van der Waals surface area contributed by atoms with Crippen LogP contribution in [-0.4, -0.2) is 24.2 Å². The fourth-order valence-corrected chi connectivity index (χ4v) is 2.35. The number of carbonyl (C=O) groups excluding carboxylic acids is 1. The van der Waals surface area contributed by atoms with Gasteiger partial charge in [0, 0.05) is 24.4 Å². The number of nitrogens with zero attached hydrogens (tertiary/aromatic N) is 1. The lowest BCUT2D eigenvalue weighted by molar-refractivity contribution is -0.119. The van der Waals surface area contributed by atoms with Crippen molar-refractivity contribution >= 4 is 11.6 Å². The average molecular weight is 248 g/mol. The quantitative estimate of drug-likeness (QED) is 0.773. The van der Waals surface area contributed by atoms with Gasteiger partial charge < -0.3 is 15.7 Å². The first-order valence-electron chi connectivity index (χ1n) is 6.49. The molecular formula is C14H20N2O2. The number of hydrogen-bond donors (Lipinski definition) is 2. The van der Waals surface area contributed by atoms with Crippen molar-refractivity contribution < 1.29 is 9.90 Å². The number of unbranched alkanes of at least 4 members (excludes halogenated alkanes) is 1. The third kappa shape index (κ3) is 2.26. The van der Waals surface area contributed by atoms with Crippen LogP contribution in [0.4, 0.5) is 5.69 Å². The molecule has 3 N–H and O–H groups in total. The van der Waals surface area contributed by atoms with Gasteiger partial charge in [-0.2, -0.15) is 0 Å². The van der Waals surface area contributed by atoms with E-state index < -0.39 is 6.04 Å². The van der Waals surface area contributed by atoms with Gasteiger partial charge in [0.1, 0.15) is 6.04 Å². The number of nitrogens with two attached hydrogens (primary N) is 1. The van der Waals surface area contributed by atoms with Gasteiger partial charge in [-0.1, -0.05) is 19.1 Å². The van der Waals surface area contributed by atoms with E-state index in [1.54, 1.807) is 4.90 Å². The normalized spacial score (nSPS) is 18.3. The molecular weight excluding hydrogens is 228 g/mol. The van der Waals surface area contributed by atoms with Crippen LogP contribution in [0.15, 0.2) is 18.2 Å². The molecule has 1 heterocycles. The summed E-state index contributed by atoms with van der Waals surface area (Å²) in [5, 5.41) is 8.79. The maximum absolute atomic E-state index is 12.1. The molecule has 1 aromatic carbocycles. The maximum Gasteiger partial charge on any atom is 0.248 e. The zero-order valence-electron chi connectivity index (χ0n) is 10.7. The SMILES string of the molecule is CCc1ccc2c(c1)C(N)C(=O)N2CCCCO. The predicted molar refractivity (Wildman–Crippen MR) is 71.4 cm³/mol. The molecule has 0 radical (unpaired) electrons. The second-order valence-corrected chi connectivity index (χ2v) is 4.64. The summed E-state index contributed by atoms with van der Waals surface area (Å²) in [6, 6.07) is 5.53. The molecule has 1 unspecified atom stereocenters. The fourth-order valence-electron chi connectivity index (χ4n) is 2.35. The van der Waals surface area contributed by atoms with Gasteiger partial charge in [-0.25, -0.2) is 0 Å². The molecule has 1 aromatic rings. The molecule has 0 spiro atoms. The molecule has 0 aromatic heterocycles. The van der Waals surface area contributed by atoms with Crippen LogP contribution in [0.25, 0.3) is 0 Å². The summed E-state index contributed by atoms with van der Waals surface area (Å²) in [5.41, 5.74) is 9.04. The molecule has 0 fully saturated rings. The van der Waals surface area contributed by atoms with Crippen LogP contribution in [-0.2, 0) is 11.2 Å². The zero-order valence-corrected chi connectivity index (χ0v) is 10.7. The number of aryl methyl sites for hydroxylation is 1. The highest BCUT2D eigenvalue weighted by molar-refractivity contribution is 6.04. The van der Waals surface area contributed by atoms with E-state index in [-0.39, 0.29) is 12.5 Å². The fraction of sp³-hybridized carbons (Fsp3) is 0.500. The number of aliphatic hydroxyl groups is 1. The molecule has 1 aliphatic heterocycles. The maximum atomic E-state index is 12.1. The summed E-state index contributed by atoms with van der Waals surface area (Å²) in [7, 11) is 0. The number of aliphatic hydroxyl groups excluding tert-OH is 1. The van der Waals surface area contributed by atoms with Gasteiger partial charge in [0.15, 0.2) is 0 Å². The van der Waals surface area contributed by atoms with Crippen molar-refractivity contribution in [3.05, 3.63) is 29.3 Å². The molecule has 1 aliphatic rings. The molecule has 0 saturated carbocycles. The first kappa shape index (κ1) is 13.1. The Morgan fingerprint density at radius 3 is 2.83 bits per heavy atom. The summed E-state index contributed by atoms with van der Waals surface area (Å²) < 4.78 is 0. The van der Waals surface area contributed by atoms with Crippen LogP contribution in [0.5, 0.6) is 0 Å². The van der Waals surface area contributed by atoms with Crippen LogP contribution < -0.4 is 10.6 Å². The van der Waals surface area contributed by atoms with E-state index in [9.17, 15) is 4.79 Å². The standard InChI is InChI=1S/C14H20N2O2/c1-2-10-5-6-12-11(9-10)13(15)14(18)16(12)7-3-4-8-17/h5-6,9,13,17H,2-4,7-8,15H2,1H3. The van der Waals surface area contributed by atoms with Crippen molar-refractivity contribution in [3.63, 3.8) is 0 Å². The Morgan fingerprint density at radius 1 is 1.39 bits per heavy atom. The van der Waals surface area contributed by atoms with E-state index in [1.165, 1.54) is 5.56 Å². The molecule has 0 aliphatic carbocycles. The Labute approximate surface area is 107 Å². The van der Waals surface area contributed by atoms with Gasteiger partial charge in [-0.15, -0.1) is 0 Å². The van der Waals surface area contributed by atoms with Crippen LogP contribution in [0.3, 0.4) is 0 Å². The highest BCUT2D eigenvalue weighted by Crippen LogP contribution is 2.35. The lowest BCUT2D eigenvalue weighted by Crippen LogP contribution is -2.32. The van der Waals surface area contributed by atoms with E-state index in [0.717, 1.165) is 24.1 Å². The summed E-state index contributed by atoms with van der Waals surface area (Å²) in [4.78, 5) is 13.8. The number of rotatable bonds is 5. The smallest absolute Gasteiger partial charge is 0.248 e. The second kappa shape index (κ2) is 5.50. The Morgan fingerprint density at radius 2 is 2.17 bits per heavy atom. The molecule has 0 bridgehead atoms. The monoisotopic (exact) mass is 248 g/mol.